The maximum absolute atomic E-state index is 11.0. The van der Waals surface area contributed by atoms with E-state index in [4.69, 9.17) is 0 Å². The molecule has 0 saturated heterocycles. The van der Waals surface area contributed by atoms with Crippen molar-refractivity contribution >= 4 is 0 Å². The minimum absolute atomic E-state index is 0.111. The van der Waals surface area contributed by atoms with Crippen LogP contribution >= 0.6 is 0 Å². The standard InChI is InChI=1S/C22H30N2O/c1-3-21(25)12-13-22(14-17-8-5-4-6-9-17)19(15-21)11-7-10-18-16-23-24(2)20(18)22/h4-6,8-9,16,19,25H,3,7,10-15H2,1-2H3/t19-,21-,22-/m1/s1. The summed E-state index contributed by atoms with van der Waals surface area (Å²) in [5, 5.41) is 15.7. The third kappa shape index (κ3) is 2.83. The van der Waals surface area contributed by atoms with Crippen LogP contribution in [0.5, 0.6) is 0 Å². The monoisotopic (exact) mass is 338 g/mol. The minimum atomic E-state index is -0.478. The fourth-order valence-electron chi connectivity index (χ4n) is 5.55. The molecule has 25 heavy (non-hydrogen) atoms. The molecule has 0 bridgehead atoms. The van der Waals surface area contributed by atoms with Crippen LogP contribution in [0.25, 0.3) is 0 Å². The predicted octanol–water partition coefficient (Wildman–Crippen LogP) is 4.18. The molecule has 3 heteroatoms. The molecule has 3 atom stereocenters. The smallest absolute Gasteiger partial charge is 0.0648 e. The lowest BCUT2D eigenvalue weighted by molar-refractivity contribution is -0.0513. The Morgan fingerprint density at radius 3 is 2.80 bits per heavy atom. The lowest BCUT2D eigenvalue weighted by Crippen LogP contribution is -2.49. The summed E-state index contributed by atoms with van der Waals surface area (Å²) in [6.07, 6.45) is 10.4. The van der Waals surface area contributed by atoms with Gasteiger partial charge in [0.15, 0.2) is 0 Å². The van der Waals surface area contributed by atoms with Gasteiger partial charge in [-0.1, -0.05) is 37.3 Å². The molecule has 0 aliphatic heterocycles. The average molecular weight is 338 g/mol. The van der Waals surface area contributed by atoms with Gasteiger partial charge in [0, 0.05) is 18.2 Å². The van der Waals surface area contributed by atoms with E-state index in [2.05, 4.69) is 60.3 Å². The first-order valence-corrected chi connectivity index (χ1v) is 9.84. The molecule has 0 spiro atoms. The predicted molar refractivity (Wildman–Crippen MR) is 101 cm³/mol. The van der Waals surface area contributed by atoms with Crippen molar-refractivity contribution in [3.63, 3.8) is 0 Å². The second-order valence-electron chi connectivity index (χ2n) is 8.33. The van der Waals surface area contributed by atoms with Gasteiger partial charge in [-0.2, -0.15) is 5.10 Å². The van der Waals surface area contributed by atoms with Crippen molar-refractivity contribution in [1.29, 1.82) is 0 Å². The molecule has 1 aromatic carbocycles. The molecule has 2 aromatic rings. The quantitative estimate of drug-likeness (QED) is 0.912. The van der Waals surface area contributed by atoms with Gasteiger partial charge in [-0.25, -0.2) is 0 Å². The van der Waals surface area contributed by atoms with Gasteiger partial charge in [-0.3, -0.25) is 4.68 Å². The molecule has 2 aliphatic carbocycles. The minimum Gasteiger partial charge on any atom is -0.390 e. The molecule has 3 nitrogen and oxygen atoms in total. The summed E-state index contributed by atoms with van der Waals surface area (Å²) in [5.74, 6) is 0.531. The highest BCUT2D eigenvalue weighted by molar-refractivity contribution is 5.34. The molecule has 2 aliphatic rings. The SMILES string of the molecule is CC[C@@]1(O)CC[C@]2(Cc3ccccc3)c3c(cnn3C)CCC[C@@H]2C1. The van der Waals surface area contributed by atoms with E-state index in [0.29, 0.717) is 5.92 Å². The molecule has 0 unspecified atom stereocenters. The third-order valence-corrected chi connectivity index (χ3v) is 6.95. The van der Waals surface area contributed by atoms with Crippen molar-refractivity contribution in [2.75, 3.05) is 0 Å². The zero-order valence-electron chi connectivity index (χ0n) is 15.5. The molecule has 0 radical (unpaired) electrons. The lowest BCUT2D eigenvalue weighted by Gasteiger charge is -2.50. The number of rotatable bonds is 3. The number of hydrogen-bond acceptors (Lipinski definition) is 2. The molecule has 1 aromatic heterocycles. The van der Waals surface area contributed by atoms with Gasteiger partial charge >= 0.3 is 0 Å². The Morgan fingerprint density at radius 1 is 1.24 bits per heavy atom. The molecule has 0 amide bonds. The zero-order chi connectivity index (χ0) is 17.5. The van der Waals surface area contributed by atoms with Crippen molar-refractivity contribution < 1.29 is 5.11 Å². The summed E-state index contributed by atoms with van der Waals surface area (Å²) < 4.78 is 2.13. The van der Waals surface area contributed by atoms with Crippen molar-refractivity contribution in [3.8, 4) is 0 Å². The summed E-state index contributed by atoms with van der Waals surface area (Å²) in [6.45, 7) is 2.14. The topological polar surface area (TPSA) is 38.1 Å². The van der Waals surface area contributed by atoms with Gasteiger partial charge in [-0.05, 0) is 68.4 Å². The normalized spacial score (nSPS) is 31.9. The maximum Gasteiger partial charge on any atom is 0.0648 e. The van der Waals surface area contributed by atoms with E-state index in [1.165, 1.54) is 29.7 Å². The number of benzene rings is 1. The van der Waals surface area contributed by atoms with Crippen molar-refractivity contribution in [3.05, 3.63) is 53.3 Å². The van der Waals surface area contributed by atoms with Gasteiger partial charge in [-0.15, -0.1) is 0 Å². The highest BCUT2D eigenvalue weighted by atomic mass is 16.3. The van der Waals surface area contributed by atoms with Crippen LogP contribution in [0.3, 0.4) is 0 Å². The van der Waals surface area contributed by atoms with E-state index < -0.39 is 5.60 Å². The highest BCUT2D eigenvalue weighted by Crippen LogP contribution is 2.53. The molecule has 1 heterocycles. The Kier molecular flexibility index (Phi) is 4.23. The van der Waals surface area contributed by atoms with Gasteiger partial charge in [0.05, 0.1) is 11.8 Å². The van der Waals surface area contributed by atoms with Crippen LogP contribution in [0.15, 0.2) is 36.5 Å². The number of aromatic nitrogens is 2. The molecule has 134 valence electrons. The zero-order valence-corrected chi connectivity index (χ0v) is 15.5. The fourth-order valence-corrected chi connectivity index (χ4v) is 5.55. The highest BCUT2D eigenvalue weighted by Gasteiger charge is 2.51. The molecular formula is C22H30N2O. The Labute approximate surface area is 151 Å². The second kappa shape index (κ2) is 6.28. The maximum atomic E-state index is 11.0. The van der Waals surface area contributed by atoms with Crippen LogP contribution in [0.2, 0.25) is 0 Å². The van der Waals surface area contributed by atoms with E-state index >= 15 is 0 Å². The largest absolute Gasteiger partial charge is 0.390 e. The molecule has 1 fully saturated rings. The van der Waals surface area contributed by atoms with E-state index in [1.54, 1.807) is 0 Å². The second-order valence-corrected chi connectivity index (χ2v) is 8.33. The number of fused-ring (bicyclic) bond motifs is 3. The fraction of sp³-hybridized carbons (Fsp3) is 0.591. The van der Waals surface area contributed by atoms with Crippen molar-refractivity contribution in [2.24, 2.45) is 13.0 Å². The Bertz CT molecular complexity index is 738. The van der Waals surface area contributed by atoms with Crippen LogP contribution in [-0.2, 0) is 25.3 Å². The lowest BCUT2D eigenvalue weighted by atomic mass is 9.57. The number of aryl methyl sites for hydroxylation is 2. The first-order valence-electron chi connectivity index (χ1n) is 9.84. The van der Waals surface area contributed by atoms with Crippen LogP contribution in [0.4, 0.5) is 0 Å². The number of nitrogens with zero attached hydrogens (tertiary/aromatic N) is 2. The Hall–Kier alpha value is -1.61. The van der Waals surface area contributed by atoms with Gasteiger partial charge in [0.1, 0.15) is 0 Å². The summed E-state index contributed by atoms with van der Waals surface area (Å²) in [4.78, 5) is 0. The average Bonchev–Trinajstić information content (AvgIpc) is 2.92. The first kappa shape index (κ1) is 16.8. The van der Waals surface area contributed by atoms with Crippen molar-refractivity contribution in [2.45, 2.75) is 69.3 Å². The molecule has 4 rings (SSSR count). The summed E-state index contributed by atoms with van der Waals surface area (Å²) >= 11 is 0. The van der Waals surface area contributed by atoms with E-state index in [-0.39, 0.29) is 5.41 Å². The van der Waals surface area contributed by atoms with E-state index in [1.807, 2.05) is 0 Å². The van der Waals surface area contributed by atoms with Gasteiger partial charge in [0.2, 0.25) is 0 Å². The van der Waals surface area contributed by atoms with Gasteiger partial charge < -0.3 is 5.11 Å². The van der Waals surface area contributed by atoms with E-state index in [0.717, 1.165) is 38.5 Å². The summed E-state index contributed by atoms with van der Waals surface area (Å²) in [7, 11) is 2.11. The summed E-state index contributed by atoms with van der Waals surface area (Å²) in [6, 6.07) is 10.9. The van der Waals surface area contributed by atoms with Crippen LogP contribution in [0.1, 0.15) is 62.3 Å². The number of hydrogen-bond donors (Lipinski definition) is 1. The van der Waals surface area contributed by atoms with Gasteiger partial charge in [0.25, 0.3) is 0 Å². The Morgan fingerprint density at radius 2 is 2.04 bits per heavy atom. The molecule has 1 saturated carbocycles. The molecule has 1 N–H and O–H groups in total. The van der Waals surface area contributed by atoms with Crippen LogP contribution < -0.4 is 0 Å². The Balaban J connectivity index is 1.82. The number of aliphatic hydroxyl groups is 1. The van der Waals surface area contributed by atoms with Crippen LogP contribution in [0, 0.1) is 5.92 Å². The first-order chi connectivity index (χ1) is 12.1. The van der Waals surface area contributed by atoms with Crippen molar-refractivity contribution in [1.82, 2.24) is 9.78 Å². The van der Waals surface area contributed by atoms with Crippen LogP contribution in [-0.4, -0.2) is 20.5 Å². The molecular weight excluding hydrogens is 308 g/mol. The third-order valence-electron chi connectivity index (χ3n) is 6.95. The summed E-state index contributed by atoms with van der Waals surface area (Å²) in [5.41, 5.74) is 3.91. The van der Waals surface area contributed by atoms with E-state index in [9.17, 15) is 5.11 Å².